The average molecular weight is 154 g/mol. The number of rotatable bonds is 0. The summed E-state index contributed by atoms with van der Waals surface area (Å²) >= 11 is 0. The first-order chi connectivity index (χ1) is 5.00. The summed E-state index contributed by atoms with van der Waals surface area (Å²) in [4.78, 5) is 0. The van der Waals surface area contributed by atoms with E-state index >= 15 is 0 Å². The molecule has 52 valence electrons. The van der Waals surface area contributed by atoms with Gasteiger partial charge in [0.2, 0.25) is 0 Å². The lowest BCUT2D eigenvalue weighted by molar-refractivity contribution is 1.87. The van der Waals surface area contributed by atoms with E-state index in [1.54, 1.807) is 0 Å². The van der Waals surface area contributed by atoms with Crippen LogP contribution in [0.3, 0.4) is 0 Å². The van der Waals surface area contributed by atoms with Gasteiger partial charge in [-0.15, -0.1) is 0 Å². The Kier molecular flexibility index (Phi) is 7.63. The molecular weight excluding hydrogens is 144 g/mol. The molecule has 0 aromatic heterocycles. The molecule has 0 heterocycles. The maximum absolute atomic E-state index is 2.00. The predicted molar refractivity (Wildman–Crippen MR) is 50.9 cm³/mol. The van der Waals surface area contributed by atoms with Gasteiger partial charge in [0.25, 0.3) is 0 Å². The smallest absolute Gasteiger partial charge is 0.00506 e. The predicted octanol–water partition coefficient (Wildman–Crippen LogP) is 2.25. The van der Waals surface area contributed by atoms with E-state index < -0.39 is 0 Å². The van der Waals surface area contributed by atoms with Crippen molar-refractivity contribution in [2.75, 3.05) is 0 Å². The summed E-state index contributed by atoms with van der Waals surface area (Å²) in [5, 5.41) is 0. The van der Waals surface area contributed by atoms with Crippen LogP contribution in [-0.2, 0) is 0 Å². The third-order valence-corrected chi connectivity index (χ3v) is 1.11. The van der Waals surface area contributed by atoms with Crippen LogP contribution < -0.4 is 0 Å². The van der Waals surface area contributed by atoms with E-state index in [-0.39, 0.29) is 23.1 Å². The number of allylic oxidation sites excluding steroid dienone is 8. The highest BCUT2D eigenvalue weighted by atomic mass is 24.3. The summed E-state index contributed by atoms with van der Waals surface area (Å²) in [5.74, 6) is 0. The molecule has 0 unspecified atom stereocenters. The van der Waals surface area contributed by atoms with Gasteiger partial charge >= 0.3 is 0 Å². The first-order valence-electron chi connectivity index (χ1n) is 3.33. The van der Waals surface area contributed by atoms with Crippen molar-refractivity contribution in [3.63, 3.8) is 0 Å². The van der Waals surface area contributed by atoms with E-state index in [4.69, 9.17) is 0 Å². The first-order valence-corrected chi connectivity index (χ1v) is 3.33. The summed E-state index contributed by atoms with van der Waals surface area (Å²) in [6, 6.07) is 0. The van der Waals surface area contributed by atoms with Gasteiger partial charge in [-0.3, -0.25) is 0 Å². The largest absolute Gasteiger partial charge is 0.0767 e. The highest BCUT2D eigenvalue weighted by Gasteiger charge is 1.73. The van der Waals surface area contributed by atoms with Crippen LogP contribution in [0.2, 0.25) is 0 Å². The lowest BCUT2D eigenvalue weighted by atomic mass is 10.5. The molecule has 0 nitrogen and oxygen atoms in total. The van der Waals surface area contributed by atoms with E-state index in [0.717, 1.165) is 0 Å². The van der Waals surface area contributed by atoms with Crippen molar-refractivity contribution < 1.29 is 0 Å². The summed E-state index contributed by atoms with van der Waals surface area (Å²) < 4.78 is 0. The van der Waals surface area contributed by atoms with Crippen LogP contribution in [0, 0.1) is 12.8 Å². The summed E-state index contributed by atoms with van der Waals surface area (Å²) in [7, 11) is 0. The molecule has 0 aliphatic heterocycles. The quantitative estimate of drug-likeness (QED) is 0.470. The van der Waals surface area contributed by atoms with Crippen LogP contribution in [0.5, 0.6) is 0 Å². The standard InChI is InChI=1S/2C5H5.Mg/c2*1-2-4-5-3-1;/h2*1-5H;. The Morgan fingerprint density at radius 3 is 0.727 bits per heavy atom. The molecule has 0 fully saturated rings. The summed E-state index contributed by atoms with van der Waals surface area (Å²) in [6.45, 7) is 0. The highest BCUT2D eigenvalue weighted by molar-refractivity contribution is 5.75. The van der Waals surface area contributed by atoms with Crippen molar-refractivity contribution in [3.05, 3.63) is 61.4 Å². The van der Waals surface area contributed by atoms with Gasteiger partial charge in [-0.2, -0.15) is 0 Å². The number of hydrogen-bond acceptors (Lipinski definition) is 0. The normalized spacial score (nSPS) is 16.0. The maximum atomic E-state index is 2.00. The Balaban J connectivity index is 0.000000167. The third-order valence-electron chi connectivity index (χ3n) is 1.11. The Morgan fingerprint density at radius 2 is 0.636 bits per heavy atom. The van der Waals surface area contributed by atoms with Crippen LogP contribution in [0.4, 0.5) is 0 Å². The van der Waals surface area contributed by atoms with Gasteiger partial charge < -0.3 is 0 Å². The van der Waals surface area contributed by atoms with Gasteiger partial charge in [0.15, 0.2) is 0 Å². The molecule has 11 heavy (non-hydrogen) atoms. The molecule has 0 aromatic carbocycles. The van der Waals surface area contributed by atoms with Crippen molar-refractivity contribution in [2.45, 2.75) is 0 Å². The average Bonchev–Trinajstić information content (AvgIpc) is 2.67. The molecule has 2 aliphatic carbocycles. The third kappa shape index (κ3) is 6.14. The topological polar surface area (TPSA) is 0 Å². The fourth-order valence-electron chi connectivity index (χ4n) is 0.642. The fraction of sp³-hybridized carbons (Fsp3) is 0. The summed E-state index contributed by atoms with van der Waals surface area (Å²) in [6.07, 6.45) is 20.0. The minimum absolute atomic E-state index is 0. The van der Waals surface area contributed by atoms with E-state index in [1.807, 2.05) is 61.4 Å². The van der Waals surface area contributed by atoms with Crippen LogP contribution in [0.25, 0.3) is 0 Å². The summed E-state index contributed by atoms with van der Waals surface area (Å²) in [5.41, 5.74) is 0. The Labute approximate surface area is 84.5 Å². The molecule has 0 bridgehead atoms. The monoisotopic (exact) mass is 154 g/mol. The number of hydrogen-bond donors (Lipinski definition) is 0. The van der Waals surface area contributed by atoms with Crippen molar-refractivity contribution >= 4 is 23.1 Å². The first kappa shape index (κ1) is 10.7. The van der Waals surface area contributed by atoms with Gasteiger partial charge in [0.05, 0.1) is 0 Å². The molecule has 0 saturated heterocycles. The second kappa shape index (κ2) is 7.83. The molecule has 0 aromatic rings. The zero-order valence-electron chi connectivity index (χ0n) is 6.48. The molecule has 4 radical (unpaired) electrons. The molecule has 2 aliphatic rings. The van der Waals surface area contributed by atoms with Crippen LogP contribution in [0.1, 0.15) is 0 Å². The molecular formula is C10H10Mg. The van der Waals surface area contributed by atoms with Crippen molar-refractivity contribution in [2.24, 2.45) is 0 Å². The highest BCUT2D eigenvalue weighted by Crippen LogP contribution is 1.92. The van der Waals surface area contributed by atoms with E-state index in [1.165, 1.54) is 0 Å². The molecule has 1 heteroatoms. The molecule has 0 atom stereocenters. The molecule has 0 N–H and O–H groups in total. The SMILES string of the molecule is [CH]1C=CC=C1.[CH]1C=CC=C1.[Mg]. The fourth-order valence-corrected chi connectivity index (χ4v) is 0.642. The lowest BCUT2D eigenvalue weighted by Gasteiger charge is -1.56. The van der Waals surface area contributed by atoms with Gasteiger partial charge in [-0.05, 0) is 0 Å². The zero-order chi connectivity index (χ0) is 7.07. The Bertz CT molecular complexity index is 143. The van der Waals surface area contributed by atoms with Gasteiger partial charge in [0, 0.05) is 35.9 Å². The zero-order valence-corrected chi connectivity index (χ0v) is 7.89. The van der Waals surface area contributed by atoms with Gasteiger partial charge in [-0.25, -0.2) is 0 Å². The minimum Gasteiger partial charge on any atom is -0.0767 e. The van der Waals surface area contributed by atoms with E-state index in [2.05, 4.69) is 0 Å². The molecule has 0 amide bonds. The maximum Gasteiger partial charge on any atom is 0.00506 e. The van der Waals surface area contributed by atoms with Crippen LogP contribution >= 0.6 is 0 Å². The van der Waals surface area contributed by atoms with Gasteiger partial charge in [0.1, 0.15) is 0 Å². The van der Waals surface area contributed by atoms with Crippen LogP contribution in [0.15, 0.2) is 48.6 Å². The van der Waals surface area contributed by atoms with Crippen molar-refractivity contribution in [3.8, 4) is 0 Å². The van der Waals surface area contributed by atoms with Crippen LogP contribution in [-0.4, -0.2) is 23.1 Å². The Hall–Kier alpha value is -0.274. The van der Waals surface area contributed by atoms with E-state index in [0.29, 0.717) is 0 Å². The molecule has 0 spiro atoms. The van der Waals surface area contributed by atoms with Crippen molar-refractivity contribution in [1.29, 1.82) is 0 Å². The molecule has 2 rings (SSSR count). The lowest BCUT2D eigenvalue weighted by Crippen LogP contribution is -1.39. The second-order valence-corrected chi connectivity index (χ2v) is 1.92. The second-order valence-electron chi connectivity index (χ2n) is 1.92. The van der Waals surface area contributed by atoms with E-state index in [9.17, 15) is 0 Å². The molecule has 0 saturated carbocycles. The van der Waals surface area contributed by atoms with Crippen molar-refractivity contribution in [1.82, 2.24) is 0 Å². The Morgan fingerprint density at radius 1 is 0.364 bits per heavy atom. The van der Waals surface area contributed by atoms with Gasteiger partial charge in [-0.1, -0.05) is 48.6 Å². The minimum atomic E-state index is 0.